The second kappa shape index (κ2) is 7.31. The maximum Gasteiger partial charge on any atom is 0.287 e. The van der Waals surface area contributed by atoms with E-state index in [9.17, 15) is 9.18 Å². The molecule has 1 aromatic carbocycles. The lowest BCUT2D eigenvalue weighted by atomic mass is 9.99. The number of amides is 1. The third-order valence-corrected chi connectivity index (χ3v) is 4.15. The van der Waals surface area contributed by atoms with Gasteiger partial charge in [0, 0.05) is 12.4 Å². The van der Waals surface area contributed by atoms with Crippen molar-refractivity contribution in [3.05, 3.63) is 83.6 Å². The highest BCUT2D eigenvalue weighted by Gasteiger charge is 2.20. The molecule has 122 valence electrons. The Morgan fingerprint density at radius 2 is 1.75 bits per heavy atom. The summed E-state index contributed by atoms with van der Waals surface area (Å²) in [5.41, 5.74) is 1.62. The SMILES string of the molecule is CSc1ccc(C(=O)N[C@H](c2ccncc2)c2ccc(F)cc2)o1. The molecule has 0 bridgehead atoms. The van der Waals surface area contributed by atoms with Gasteiger partial charge in [-0.3, -0.25) is 9.78 Å². The van der Waals surface area contributed by atoms with Crippen LogP contribution in [0, 0.1) is 5.82 Å². The van der Waals surface area contributed by atoms with Crippen LogP contribution in [0.5, 0.6) is 0 Å². The number of nitrogens with zero attached hydrogens (tertiary/aromatic N) is 1. The van der Waals surface area contributed by atoms with Crippen molar-refractivity contribution in [2.75, 3.05) is 6.26 Å². The van der Waals surface area contributed by atoms with Crippen LogP contribution < -0.4 is 5.32 Å². The van der Waals surface area contributed by atoms with Gasteiger partial charge in [-0.05, 0) is 53.8 Å². The van der Waals surface area contributed by atoms with E-state index in [0.29, 0.717) is 5.09 Å². The monoisotopic (exact) mass is 342 g/mol. The number of carbonyl (C=O) groups excluding carboxylic acids is 1. The molecule has 0 unspecified atom stereocenters. The molecule has 4 nitrogen and oxygen atoms in total. The fourth-order valence-corrected chi connectivity index (χ4v) is 2.70. The highest BCUT2D eigenvalue weighted by atomic mass is 32.2. The van der Waals surface area contributed by atoms with Crippen molar-refractivity contribution in [3.8, 4) is 0 Å². The first kappa shape index (κ1) is 16.3. The van der Waals surface area contributed by atoms with Gasteiger partial charge in [-0.15, -0.1) is 0 Å². The van der Waals surface area contributed by atoms with Crippen LogP contribution in [0.15, 0.2) is 70.4 Å². The Bertz CT molecular complexity index is 819. The Hall–Kier alpha value is -2.60. The first-order chi connectivity index (χ1) is 11.7. The van der Waals surface area contributed by atoms with Gasteiger partial charge in [0.05, 0.1) is 6.04 Å². The molecule has 6 heteroatoms. The van der Waals surface area contributed by atoms with E-state index in [4.69, 9.17) is 4.42 Å². The number of thioether (sulfide) groups is 1. The average Bonchev–Trinajstić information content (AvgIpc) is 3.10. The first-order valence-corrected chi connectivity index (χ1v) is 8.50. The molecule has 1 N–H and O–H groups in total. The molecule has 0 saturated carbocycles. The topological polar surface area (TPSA) is 55.1 Å². The van der Waals surface area contributed by atoms with Crippen LogP contribution in [0.4, 0.5) is 4.39 Å². The lowest BCUT2D eigenvalue weighted by Crippen LogP contribution is -2.29. The van der Waals surface area contributed by atoms with E-state index in [-0.39, 0.29) is 17.5 Å². The van der Waals surface area contributed by atoms with Crippen LogP contribution >= 0.6 is 11.8 Å². The van der Waals surface area contributed by atoms with Gasteiger partial charge in [0.2, 0.25) is 0 Å². The molecule has 0 aliphatic heterocycles. The smallest absolute Gasteiger partial charge is 0.287 e. The van der Waals surface area contributed by atoms with Crippen molar-refractivity contribution < 1.29 is 13.6 Å². The highest BCUT2D eigenvalue weighted by molar-refractivity contribution is 7.98. The summed E-state index contributed by atoms with van der Waals surface area (Å²) in [5.74, 6) is -0.420. The number of aromatic nitrogens is 1. The summed E-state index contributed by atoms with van der Waals surface area (Å²) in [6, 6.07) is 12.6. The number of benzene rings is 1. The van der Waals surface area contributed by atoms with Gasteiger partial charge in [-0.1, -0.05) is 23.9 Å². The van der Waals surface area contributed by atoms with Crippen LogP contribution in [-0.2, 0) is 0 Å². The number of carbonyl (C=O) groups is 1. The Balaban J connectivity index is 1.90. The van der Waals surface area contributed by atoms with Gasteiger partial charge in [-0.25, -0.2) is 4.39 Å². The van der Waals surface area contributed by atoms with E-state index in [0.717, 1.165) is 11.1 Å². The number of hydrogen-bond acceptors (Lipinski definition) is 4. The molecule has 0 saturated heterocycles. The molecule has 1 amide bonds. The molecule has 2 aromatic heterocycles. The van der Waals surface area contributed by atoms with Crippen LogP contribution in [0.2, 0.25) is 0 Å². The number of furan rings is 1. The molecule has 0 aliphatic rings. The third kappa shape index (κ3) is 3.65. The van der Waals surface area contributed by atoms with Gasteiger partial charge in [0.25, 0.3) is 5.91 Å². The van der Waals surface area contributed by atoms with Crippen molar-refractivity contribution in [2.24, 2.45) is 0 Å². The maximum absolute atomic E-state index is 13.2. The minimum Gasteiger partial charge on any atom is -0.445 e. The molecule has 0 fully saturated rings. The number of halogens is 1. The number of hydrogen-bond donors (Lipinski definition) is 1. The minimum atomic E-state index is -0.427. The summed E-state index contributed by atoms with van der Waals surface area (Å²) < 4.78 is 18.7. The standard InChI is InChI=1S/C18H15FN2O2S/c1-24-16-7-6-15(23-16)18(22)21-17(13-8-10-20-11-9-13)12-2-4-14(19)5-3-12/h2-11,17H,1H3,(H,21,22)/t17-/m0/s1. The van der Waals surface area contributed by atoms with Gasteiger partial charge >= 0.3 is 0 Å². The molecule has 0 spiro atoms. The summed E-state index contributed by atoms with van der Waals surface area (Å²) in [6.07, 6.45) is 5.17. The Labute approximate surface area is 143 Å². The Morgan fingerprint density at radius 1 is 1.08 bits per heavy atom. The Kier molecular flexibility index (Phi) is 4.96. The molecular formula is C18H15FN2O2S. The zero-order chi connectivity index (χ0) is 16.9. The van der Waals surface area contributed by atoms with E-state index in [2.05, 4.69) is 10.3 Å². The summed E-state index contributed by atoms with van der Waals surface area (Å²) in [7, 11) is 0. The van der Waals surface area contributed by atoms with Crippen molar-refractivity contribution in [1.29, 1.82) is 0 Å². The van der Waals surface area contributed by atoms with Crippen LogP contribution in [0.1, 0.15) is 27.7 Å². The predicted octanol–water partition coefficient (Wildman–Crippen LogP) is 4.06. The minimum absolute atomic E-state index is 0.237. The van der Waals surface area contributed by atoms with Crippen LogP contribution in [0.25, 0.3) is 0 Å². The van der Waals surface area contributed by atoms with Crippen molar-refractivity contribution >= 4 is 17.7 Å². The molecule has 3 rings (SSSR count). The largest absolute Gasteiger partial charge is 0.445 e. The van der Waals surface area contributed by atoms with Gasteiger partial charge in [0.1, 0.15) is 5.82 Å². The maximum atomic E-state index is 13.2. The Morgan fingerprint density at radius 3 is 2.38 bits per heavy atom. The molecular weight excluding hydrogens is 327 g/mol. The van der Waals surface area contributed by atoms with Crippen LogP contribution in [0.3, 0.4) is 0 Å². The molecule has 2 heterocycles. The lowest BCUT2D eigenvalue weighted by Gasteiger charge is -2.19. The van der Waals surface area contributed by atoms with Crippen molar-refractivity contribution in [1.82, 2.24) is 10.3 Å². The summed E-state index contributed by atoms with van der Waals surface area (Å²) >= 11 is 1.42. The summed E-state index contributed by atoms with van der Waals surface area (Å²) in [5, 5.41) is 3.60. The van der Waals surface area contributed by atoms with E-state index in [1.165, 1.54) is 23.9 Å². The van der Waals surface area contributed by atoms with Crippen LogP contribution in [-0.4, -0.2) is 17.1 Å². The summed E-state index contributed by atoms with van der Waals surface area (Å²) in [6.45, 7) is 0. The zero-order valence-corrected chi connectivity index (χ0v) is 13.7. The normalized spacial score (nSPS) is 11.9. The summed E-state index contributed by atoms with van der Waals surface area (Å²) in [4.78, 5) is 16.5. The molecule has 0 aliphatic carbocycles. The molecule has 0 radical (unpaired) electrons. The average molecular weight is 342 g/mol. The zero-order valence-electron chi connectivity index (χ0n) is 12.9. The number of rotatable bonds is 5. The fraction of sp³-hybridized carbons (Fsp3) is 0.111. The molecule has 1 atom stereocenters. The number of nitrogens with one attached hydrogen (secondary N) is 1. The quantitative estimate of drug-likeness (QED) is 0.711. The number of pyridine rings is 1. The van der Waals surface area contributed by atoms with E-state index < -0.39 is 6.04 Å². The fourth-order valence-electron chi connectivity index (χ4n) is 2.32. The van der Waals surface area contributed by atoms with E-state index >= 15 is 0 Å². The predicted molar refractivity (Wildman–Crippen MR) is 90.4 cm³/mol. The third-order valence-electron chi connectivity index (χ3n) is 3.52. The van der Waals surface area contributed by atoms with E-state index in [1.54, 1.807) is 36.7 Å². The van der Waals surface area contributed by atoms with Gasteiger partial charge in [0.15, 0.2) is 10.9 Å². The first-order valence-electron chi connectivity index (χ1n) is 7.27. The van der Waals surface area contributed by atoms with Crippen molar-refractivity contribution in [2.45, 2.75) is 11.1 Å². The van der Waals surface area contributed by atoms with E-state index in [1.807, 2.05) is 18.4 Å². The second-order valence-electron chi connectivity index (χ2n) is 5.06. The van der Waals surface area contributed by atoms with Gasteiger partial charge < -0.3 is 9.73 Å². The molecule has 3 aromatic rings. The highest BCUT2D eigenvalue weighted by Crippen LogP contribution is 2.24. The molecule has 24 heavy (non-hydrogen) atoms. The van der Waals surface area contributed by atoms with Crippen molar-refractivity contribution in [3.63, 3.8) is 0 Å². The van der Waals surface area contributed by atoms with Gasteiger partial charge in [-0.2, -0.15) is 0 Å². The second-order valence-corrected chi connectivity index (χ2v) is 5.87. The lowest BCUT2D eigenvalue weighted by molar-refractivity contribution is 0.0910.